The summed E-state index contributed by atoms with van der Waals surface area (Å²) in [7, 11) is -0.815. The Balaban J connectivity index is 1.46. The van der Waals surface area contributed by atoms with E-state index in [1.807, 2.05) is 0 Å². The number of rotatable bonds is 7. The SMILES string of the molecule is CNC(=O)c1c(-c2ccc(F)cc2)oc2cc(N(C)S(C)(=O)=O)c([C@H]3CCCC(C(=O)c4cc5cccc(F)c5[nH]4)N3)cc12. The van der Waals surface area contributed by atoms with Crippen LogP contribution in [-0.2, 0) is 10.0 Å². The highest BCUT2D eigenvalue weighted by Gasteiger charge is 2.33. The highest BCUT2D eigenvalue weighted by molar-refractivity contribution is 7.92. The molecule has 2 atom stereocenters. The van der Waals surface area contributed by atoms with Crippen molar-refractivity contribution in [1.82, 2.24) is 15.6 Å². The number of fused-ring (bicyclic) bond motifs is 2. The van der Waals surface area contributed by atoms with Gasteiger partial charge in [-0.2, -0.15) is 0 Å². The molecule has 1 amide bonds. The Hall–Kier alpha value is -4.55. The molecule has 0 saturated carbocycles. The summed E-state index contributed by atoms with van der Waals surface area (Å²) in [6, 6.07) is 14.0. The number of hydrogen-bond acceptors (Lipinski definition) is 6. The number of ketones is 1. The van der Waals surface area contributed by atoms with Gasteiger partial charge in [0.05, 0.1) is 34.8 Å². The molecule has 1 aliphatic heterocycles. The van der Waals surface area contributed by atoms with Crippen molar-refractivity contribution >= 4 is 49.3 Å². The van der Waals surface area contributed by atoms with E-state index in [1.54, 1.807) is 30.3 Å². The molecule has 6 rings (SSSR count). The first kappa shape index (κ1) is 29.5. The number of nitrogens with one attached hydrogen (secondary N) is 3. The van der Waals surface area contributed by atoms with Crippen LogP contribution in [0.15, 0.2) is 65.1 Å². The summed E-state index contributed by atoms with van der Waals surface area (Å²) in [6.45, 7) is 0. The Morgan fingerprint density at radius 2 is 1.80 bits per heavy atom. The van der Waals surface area contributed by atoms with Crippen molar-refractivity contribution in [2.75, 3.05) is 24.7 Å². The second kappa shape index (κ2) is 11.2. The molecule has 0 radical (unpaired) electrons. The Labute approximate surface area is 252 Å². The van der Waals surface area contributed by atoms with Gasteiger partial charge in [0.1, 0.15) is 23.0 Å². The van der Waals surface area contributed by atoms with Crippen molar-refractivity contribution in [3.05, 3.63) is 89.1 Å². The fourth-order valence-corrected chi connectivity index (χ4v) is 6.38. The Kier molecular flexibility index (Phi) is 7.50. The van der Waals surface area contributed by atoms with Gasteiger partial charge in [-0.25, -0.2) is 17.2 Å². The number of para-hydroxylation sites is 1. The van der Waals surface area contributed by atoms with E-state index in [2.05, 4.69) is 15.6 Å². The van der Waals surface area contributed by atoms with E-state index in [4.69, 9.17) is 4.42 Å². The van der Waals surface area contributed by atoms with Gasteiger partial charge in [-0.3, -0.25) is 13.9 Å². The quantitative estimate of drug-likeness (QED) is 0.201. The van der Waals surface area contributed by atoms with E-state index < -0.39 is 39.6 Å². The molecule has 3 N–H and O–H groups in total. The van der Waals surface area contributed by atoms with Gasteiger partial charge >= 0.3 is 0 Å². The second-order valence-corrected chi connectivity index (χ2v) is 13.0. The molecule has 2 aromatic heterocycles. The summed E-state index contributed by atoms with van der Waals surface area (Å²) in [5, 5.41) is 7.04. The third-order valence-corrected chi connectivity index (χ3v) is 9.38. The van der Waals surface area contributed by atoms with Crippen LogP contribution < -0.4 is 14.9 Å². The maximum atomic E-state index is 14.3. The molecular formula is C32H30F2N4O5S. The molecule has 0 spiro atoms. The van der Waals surface area contributed by atoms with E-state index in [9.17, 15) is 26.8 Å². The van der Waals surface area contributed by atoms with Crippen LogP contribution in [0.3, 0.4) is 0 Å². The van der Waals surface area contributed by atoms with Gasteiger partial charge < -0.3 is 20.0 Å². The number of H-pyrrole nitrogens is 1. The number of amides is 1. The number of anilines is 1. The third kappa shape index (κ3) is 5.24. The van der Waals surface area contributed by atoms with Gasteiger partial charge in [0.25, 0.3) is 5.91 Å². The maximum Gasteiger partial charge on any atom is 0.255 e. The van der Waals surface area contributed by atoms with Crippen molar-refractivity contribution in [1.29, 1.82) is 0 Å². The van der Waals surface area contributed by atoms with E-state index in [-0.39, 0.29) is 33.9 Å². The minimum atomic E-state index is -3.72. The van der Waals surface area contributed by atoms with Crippen LogP contribution >= 0.6 is 0 Å². The third-order valence-electron chi connectivity index (χ3n) is 8.19. The fraction of sp³-hybridized carbons (Fsp3) is 0.250. The number of sulfonamides is 1. The van der Waals surface area contributed by atoms with Crippen LogP contribution in [0.4, 0.5) is 14.5 Å². The lowest BCUT2D eigenvalue weighted by Gasteiger charge is -2.33. The predicted molar refractivity (Wildman–Crippen MR) is 164 cm³/mol. The minimum absolute atomic E-state index is 0.208. The molecule has 9 nitrogen and oxygen atoms in total. The zero-order chi connectivity index (χ0) is 31.3. The Bertz CT molecular complexity index is 2040. The van der Waals surface area contributed by atoms with Crippen LogP contribution in [0.5, 0.6) is 0 Å². The number of aromatic amines is 1. The largest absolute Gasteiger partial charge is 0.455 e. The van der Waals surface area contributed by atoms with Crippen LogP contribution in [-0.4, -0.2) is 51.5 Å². The van der Waals surface area contributed by atoms with Gasteiger partial charge in [-0.15, -0.1) is 0 Å². The van der Waals surface area contributed by atoms with Crippen molar-refractivity contribution in [3.63, 3.8) is 0 Å². The summed E-state index contributed by atoms with van der Waals surface area (Å²) >= 11 is 0. The molecule has 228 valence electrons. The molecule has 44 heavy (non-hydrogen) atoms. The maximum absolute atomic E-state index is 14.3. The number of Topliss-reactive ketones (excluding diaryl/α,β-unsaturated/α-hetero) is 1. The number of aromatic nitrogens is 1. The van der Waals surface area contributed by atoms with E-state index in [0.717, 1.165) is 10.6 Å². The molecule has 12 heteroatoms. The number of furan rings is 1. The molecule has 0 bridgehead atoms. The van der Waals surface area contributed by atoms with Gasteiger partial charge in [0, 0.05) is 42.5 Å². The van der Waals surface area contributed by atoms with Crippen molar-refractivity contribution < 1.29 is 31.2 Å². The Morgan fingerprint density at radius 1 is 1.05 bits per heavy atom. The van der Waals surface area contributed by atoms with Crippen LogP contribution in [0, 0.1) is 11.6 Å². The van der Waals surface area contributed by atoms with Crippen molar-refractivity contribution in [3.8, 4) is 11.3 Å². The fourth-order valence-electron chi connectivity index (χ4n) is 5.86. The molecule has 1 saturated heterocycles. The molecule has 1 aliphatic rings. The van der Waals surface area contributed by atoms with Crippen molar-refractivity contribution in [2.45, 2.75) is 31.3 Å². The number of nitrogens with zero attached hydrogens (tertiary/aromatic N) is 1. The average molecular weight is 621 g/mol. The number of carbonyl (C=O) groups excluding carboxylic acids is 2. The zero-order valence-electron chi connectivity index (χ0n) is 24.2. The highest BCUT2D eigenvalue weighted by Crippen LogP contribution is 2.41. The van der Waals surface area contributed by atoms with Crippen LogP contribution in [0.1, 0.15) is 51.7 Å². The lowest BCUT2D eigenvalue weighted by molar-refractivity contribution is 0.0907. The standard InChI is InChI=1S/C32H30F2N4O5S/c1-35-32(40)28-21-15-20(23-8-5-9-24(36-23)30(39)25-14-18-6-4-7-22(34)29(18)37-25)26(38(2)44(3,41)42)16-27(21)43-31(28)17-10-12-19(33)13-11-17/h4,6-7,10-16,23-24,36-37H,5,8-9H2,1-3H3,(H,35,40)/t23-,24?/m1/s1. The van der Waals surface area contributed by atoms with Gasteiger partial charge in [0.2, 0.25) is 10.0 Å². The summed E-state index contributed by atoms with van der Waals surface area (Å²) in [6.07, 6.45) is 2.84. The van der Waals surface area contributed by atoms with E-state index in [0.29, 0.717) is 46.8 Å². The summed E-state index contributed by atoms with van der Waals surface area (Å²) in [5.74, 6) is -1.37. The number of benzene rings is 3. The normalized spacial score (nSPS) is 17.2. The minimum Gasteiger partial charge on any atom is -0.455 e. The summed E-state index contributed by atoms with van der Waals surface area (Å²) in [5.41, 5.74) is 2.35. The number of halogens is 2. The zero-order valence-corrected chi connectivity index (χ0v) is 25.0. The number of hydrogen-bond donors (Lipinski definition) is 3. The topological polar surface area (TPSA) is 125 Å². The second-order valence-electron chi connectivity index (χ2n) is 11.0. The van der Waals surface area contributed by atoms with Gasteiger partial charge in [-0.1, -0.05) is 12.1 Å². The first-order chi connectivity index (χ1) is 21.0. The molecule has 3 heterocycles. The van der Waals surface area contributed by atoms with Crippen LogP contribution in [0.25, 0.3) is 33.2 Å². The molecule has 5 aromatic rings. The lowest BCUT2D eigenvalue weighted by Crippen LogP contribution is -2.43. The summed E-state index contributed by atoms with van der Waals surface area (Å²) in [4.78, 5) is 29.7. The molecule has 0 aliphatic carbocycles. The van der Waals surface area contributed by atoms with Gasteiger partial charge in [-0.05, 0) is 67.3 Å². The van der Waals surface area contributed by atoms with Crippen molar-refractivity contribution in [2.24, 2.45) is 0 Å². The van der Waals surface area contributed by atoms with E-state index >= 15 is 0 Å². The highest BCUT2D eigenvalue weighted by atomic mass is 32.2. The average Bonchev–Trinajstić information content (AvgIpc) is 3.62. The first-order valence-electron chi connectivity index (χ1n) is 14.1. The number of carbonyl (C=O) groups is 2. The molecule has 1 unspecified atom stereocenters. The first-order valence-corrected chi connectivity index (χ1v) is 15.9. The number of piperidine rings is 1. The monoisotopic (exact) mass is 620 g/mol. The van der Waals surface area contributed by atoms with Gasteiger partial charge in [0.15, 0.2) is 5.78 Å². The molecule has 3 aromatic carbocycles. The van der Waals surface area contributed by atoms with E-state index in [1.165, 1.54) is 44.4 Å². The molecule has 1 fully saturated rings. The molecular weight excluding hydrogens is 590 g/mol. The smallest absolute Gasteiger partial charge is 0.255 e. The summed E-state index contributed by atoms with van der Waals surface area (Å²) < 4.78 is 60.8. The predicted octanol–water partition coefficient (Wildman–Crippen LogP) is 5.68. The Morgan fingerprint density at radius 3 is 2.48 bits per heavy atom. The lowest BCUT2D eigenvalue weighted by atomic mass is 9.89. The van der Waals surface area contributed by atoms with Crippen LogP contribution in [0.2, 0.25) is 0 Å².